The summed E-state index contributed by atoms with van der Waals surface area (Å²) in [6, 6.07) is 8.57. The molecule has 0 fully saturated rings. The number of aliphatic hydroxyl groups is 1. The summed E-state index contributed by atoms with van der Waals surface area (Å²) in [5.41, 5.74) is 5.26. The van der Waals surface area contributed by atoms with E-state index in [-0.39, 0.29) is 24.5 Å². The number of carbonyl (C=O) groups excluding carboxylic acids is 1. The molecular weight excluding hydrogens is 328 g/mol. The van der Waals surface area contributed by atoms with Gasteiger partial charge in [0.1, 0.15) is 0 Å². The van der Waals surface area contributed by atoms with Crippen molar-refractivity contribution in [2.45, 2.75) is 25.8 Å². The van der Waals surface area contributed by atoms with Crippen LogP contribution in [0.3, 0.4) is 0 Å². The third-order valence-corrected chi connectivity index (χ3v) is 5.76. The van der Waals surface area contributed by atoms with E-state index in [1.54, 1.807) is 0 Å². The fraction of sp³-hybridized carbons (Fsp3) is 0.381. The lowest BCUT2D eigenvalue weighted by Gasteiger charge is -2.42. The minimum atomic E-state index is -0.316. The number of aromatic nitrogens is 1. The van der Waals surface area contributed by atoms with E-state index < -0.39 is 0 Å². The number of nitrogens with zero attached hydrogens (tertiary/aromatic N) is 1. The van der Waals surface area contributed by atoms with Gasteiger partial charge in [0, 0.05) is 35.3 Å². The van der Waals surface area contributed by atoms with Crippen molar-refractivity contribution in [1.29, 1.82) is 0 Å². The Labute approximate surface area is 153 Å². The number of esters is 1. The highest BCUT2D eigenvalue weighted by molar-refractivity contribution is 5.90. The Morgan fingerprint density at radius 3 is 2.96 bits per heavy atom. The summed E-state index contributed by atoms with van der Waals surface area (Å²) in [5.74, 6) is -0.445. The summed E-state index contributed by atoms with van der Waals surface area (Å²) in [6.45, 7) is 2.72. The molecule has 2 aromatic rings. The molecule has 2 atom stereocenters. The molecule has 1 aromatic carbocycles. The number of nitrogens with one attached hydrogen (secondary N) is 1. The molecule has 3 heterocycles. The molecule has 0 unspecified atom stereocenters. The SMILES string of the molecule is C/C=C(\CO)[C@@H]1C[C@H]2c3[nH]c4ccccc4c3CCN2C=C1C(=O)OC. The van der Waals surface area contributed by atoms with Crippen LogP contribution >= 0.6 is 0 Å². The molecule has 5 nitrogen and oxygen atoms in total. The zero-order valence-corrected chi connectivity index (χ0v) is 15.2. The molecule has 0 aliphatic carbocycles. The zero-order valence-electron chi connectivity index (χ0n) is 15.2. The third-order valence-electron chi connectivity index (χ3n) is 5.76. The van der Waals surface area contributed by atoms with Crippen molar-refractivity contribution in [2.24, 2.45) is 5.92 Å². The van der Waals surface area contributed by atoms with Gasteiger partial charge >= 0.3 is 5.97 Å². The van der Waals surface area contributed by atoms with Gasteiger partial charge in [-0.3, -0.25) is 0 Å². The number of aliphatic hydroxyl groups excluding tert-OH is 1. The second-order valence-corrected chi connectivity index (χ2v) is 6.95. The van der Waals surface area contributed by atoms with Crippen molar-refractivity contribution in [3.8, 4) is 0 Å². The van der Waals surface area contributed by atoms with Crippen molar-refractivity contribution >= 4 is 16.9 Å². The predicted molar refractivity (Wildman–Crippen MR) is 100 cm³/mol. The smallest absolute Gasteiger partial charge is 0.335 e. The molecule has 26 heavy (non-hydrogen) atoms. The first kappa shape index (κ1) is 16.9. The minimum absolute atomic E-state index is 0.0538. The van der Waals surface area contributed by atoms with Crippen LogP contribution in [0.5, 0.6) is 0 Å². The first-order valence-corrected chi connectivity index (χ1v) is 9.09. The van der Waals surface area contributed by atoms with Crippen LogP contribution in [0.2, 0.25) is 0 Å². The number of aromatic amines is 1. The monoisotopic (exact) mass is 352 g/mol. The highest BCUT2D eigenvalue weighted by Crippen LogP contribution is 2.44. The van der Waals surface area contributed by atoms with E-state index in [2.05, 4.69) is 28.1 Å². The van der Waals surface area contributed by atoms with E-state index in [1.165, 1.54) is 23.8 Å². The van der Waals surface area contributed by atoms with Crippen LogP contribution in [0.15, 0.2) is 47.7 Å². The Hall–Kier alpha value is -2.53. The summed E-state index contributed by atoms with van der Waals surface area (Å²) in [4.78, 5) is 18.2. The van der Waals surface area contributed by atoms with Crippen LogP contribution in [-0.4, -0.2) is 41.2 Å². The topological polar surface area (TPSA) is 65.6 Å². The molecule has 2 aliphatic rings. The van der Waals surface area contributed by atoms with Crippen LogP contribution in [-0.2, 0) is 16.0 Å². The maximum atomic E-state index is 12.3. The van der Waals surface area contributed by atoms with Gasteiger partial charge in [-0.25, -0.2) is 4.79 Å². The Kier molecular flexibility index (Phi) is 4.32. The van der Waals surface area contributed by atoms with Crippen molar-refractivity contribution < 1.29 is 14.6 Å². The zero-order chi connectivity index (χ0) is 18.3. The molecule has 0 amide bonds. The summed E-state index contributed by atoms with van der Waals surface area (Å²) >= 11 is 0. The van der Waals surface area contributed by atoms with Gasteiger partial charge < -0.3 is 19.7 Å². The average Bonchev–Trinajstić information content (AvgIpc) is 3.07. The summed E-state index contributed by atoms with van der Waals surface area (Å²) in [6.07, 6.45) is 5.55. The highest BCUT2D eigenvalue weighted by Gasteiger charge is 2.38. The number of H-pyrrole nitrogens is 1. The molecule has 136 valence electrons. The number of allylic oxidation sites excluding steroid dienone is 1. The van der Waals surface area contributed by atoms with E-state index in [4.69, 9.17) is 4.74 Å². The van der Waals surface area contributed by atoms with Gasteiger partial charge in [0.05, 0.1) is 25.3 Å². The minimum Gasteiger partial charge on any atom is -0.466 e. The molecule has 0 spiro atoms. The van der Waals surface area contributed by atoms with Crippen molar-refractivity contribution in [3.63, 3.8) is 0 Å². The largest absolute Gasteiger partial charge is 0.466 e. The fourth-order valence-corrected chi connectivity index (χ4v) is 4.43. The number of methoxy groups -OCH3 is 1. The molecule has 2 aliphatic heterocycles. The normalized spacial score (nSPS) is 22.7. The lowest BCUT2D eigenvalue weighted by Crippen LogP contribution is -2.39. The average molecular weight is 352 g/mol. The van der Waals surface area contributed by atoms with Crippen LogP contribution in [0.4, 0.5) is 0 Å². The van der Waals surface area contributed by atoms with E-state index in [0.717, 1.165) is 30.5 Å². The van der Waals surface area contributed by atoms with Gasteiger partial charge in [0.2, 0.25) is 0 Å². The summed E-state index contributed by atoms with van der Waals surface area (Å²) < 4.78 is 5.01. The number of hydrogen-bond acceptors (Lipinski definition) is 4. The number of benzene rings is 1. The quantitative estimate of drug-likeness (QED) is 0.658. The fourth-order valence-electron chi connectivity index (χ4n) is 4.43. The molecule has 0 saturated heterocycles. The Balaban J connectivity index is 1.80. The number of rotatable bonds is 3. The number of ether oxygens (including phenoxy) is 1. The Morgan fingerprint density at radius 1 is 1.42 bits per heavy atom. The lowest BCUT2D eigenvalue weighted by molar-refractivity contribution is -0.137. The second kappa shape index (κ2) is 6.65. The van der Waals surface area contributed by atoms with Crippen LogP contribution in [0.1, 0.15) is 30.6 Å². The molecule has 4 rings (SSSR count). The van der Waals surface area contributed by atoms with Crippen molar-refractivity contribution in [1.82, 2.24) is 9.88 Å². The third kappa shape index (κ3) is 2.54. The maximum absolute atomic E-state index is 12.3. The van der Waals surface area contributed by atoms with E-state index in [0.29, 0.717) is 5.57 Å². The van der Waals surface area contributed by atoms with Gasteiger partial charge in [-0.15, -0.1) is 0 Å². The standard InChI is InChI=1S/C21H24N2O3/c1-3-13(12-24)16-10-19-20-15(14-6-4-5-7-18(14)22-20)8-9-23(19)11-17(16)21(25)26-2/h3-7,11,16,19,22,24H,8-10,12H2,1-2H3/b13-3+/t16-,19-/m0/s1. The molecular formula is C21H24N2O3. The van der Waals surface area contributed by atoms with Gasteiger partial charge in [0.25, 0.3) is 0 Å². The molecule has 5 heteroatoms. The first-order chi connectivity index (χ1) is 12.7. The van der Waals surface area contributed by atoms with Crippen molar-refractivity contribution in [3.05, 3.63) is 58.9 Å². The predicted octanol–water partition coefficient (Wildman–Crippen LogP) is 3.08. The molecule has 2 N–H and O–H groups in total. The van der Waals surface area contributed by atoms with Crippen LogP contribution in [0, 0.1) is 5.92 Å². The first-order valence-electron chi connectivity index (χ1n) is 9.09. The Bertz CT molecular complexity index is 909. The van der Waals surface area contributed by atoms with Crippen molar-refractivity contribution in [2.75, 3.05) is 20.3 Å². The van der Waals surface area contributed by atoms with E-state index in [1.807, 2.05) is 25.3 Å². The summed E-state index contributed by atoms with van der Waals surface area (Å²) in [5, 5.41) is 11.1. The number of carbonyl (C=O) groups is 1. The molecule has 1 aromatic heterocycles. The van der Waals surface area contributed by atoms with Gasteiger partial charge in [-0.1, -0.05) is 24.3 Å². The van der Waals surface area contributed by atoms with Crippen LogP contribution < -0.4 is 0 Å². The van der Waals surface area contributed by atoms with Gasteiger partial charge in [0.15, 0.2) is 0 Å². The lowest BCUT2D eigenvalue weighted by atomic mass is 9.79. The summed E-state index contributed by atoms with van der Waals surface area (Å²) in [7, 11) is 1.41. The number of para-hydroxylation sites is 1. The number of hydrogen-bond donors (Lipinski definition) is 2. The Morgan fingerprint density at radius 2 is 2.23 bits per heavy atom. The second-order valence-electron chi connectivity index (χ2n) is 6.95. The molecule has 0 bridgehead atoms. The van der Waals surface area contributed by atoms with Gasteiger partial charge in [-0.05, 0) is 37.0 Å². The molecule has 0 saturated carbocycles. The highest BCUT2D eigenvalue weighted by atomic mass is 16.5. The van der Waals surface area contributed by atoms with Gasteiger partial charge in [-0.2, -0.15) is 0 Å². The maximum Gasteiger partial charge on any atom is 0.335 e. The number of fused-ring (bicyclic) bond motifs is 5. The molecule has 0 radical (unpaired) electrons. The van der Waals surface area contributed by atoms with E-state index >= 15 is 0 Å². The van der Waals surface area contributed by atoms with E-state index in [9.17, 15) is 9.90 Å². The van der Waals surface area contributed by atoms with Crippen LogP contribution in [0.25, 0.3) is 10.9 Å².